The average Bonchev–Trinajstić information content (AvgIpc) is 3.69. The number of nitrogens with zero attached hydrogens (tertiary/aromatic N) is 1. The lowest BCUT2D eigenvalue weighted by atomic mass is 9.76. The van der Waals surface area contributed by atoms with E-state index < -0.39 is 0 Å². The Morgan fingerprint density at radius 3 is 1.46 bits per heavy atom. The van der Waals surface area contributed by atoms with E-state index in [-0.39, 0.29) is 21.7 Å². The zero-order valence-electron chi connectivity index (χ0n) is 32.0. The zero-order valence-corrected chi connectivity index (χ0v) is 32.8. The first-order valence-corrected chi connectivity index (χ1v) is 18.9. The van der Waals surface area contributed by atoms with Crippen LogP contribution in [-0.2, 0) is 21.7 Å². The minimum absolute atomic E-state index is 0.00408. The number of hydrogen-bond donors (Lipinski definition) is 1. The molecule has 7 aromatic rings. The quantitative estimate of drug-likeness (QED) is 0.185. The number of H-pyrrole nitrogens is 1. The van der Waals surface area contributed by atoms with Crippen molar-refractivity contribution in [3.8, 4) is 33.1 Å². The van der Waals surface area contributed by atoms with Gasteiger partial charge in [0, 0.05) is 11.3 Å². The minimum atomic E-state index is 0.00408. The molecular weight excluding hydrogens is 625 g/mol. The Bertz CT molecular complexity index is 2270. The maximum atomic E-state index is 4.99. The molecule has 2 nitrogen and oxygen atoms in total. The number of aromatic nitrogens is 2. The number of hydrogen-bond acceptors (Lipinski definition) is 2. The van der Waals surface area contributed by atoms with Crippen molar-refractivity contribution in [2.24, 2.45) is 0 Å². The third kappa shape index (κ3) is 6.19. The summed E-state index contributed by atoms with van der Waals surface area (Å²) in [6.45, 7) is 27.9. The van der Waals surface area contributed by atoms with Crippen LogP contribution in [0.5, 0.6) is 0 Å². The van der Waals surface area contributed by atoms with Gasteiger partial charge in [-0.2, -0.15) is 0 Å². The molecule has 0 saturated heterocycles. The Kier molecular flexibility index (Phi) is 7.99. The number of rotatable bonds is 3. The summed E-state index contributed by atoms with van der Waals surface area (Å²) in [6, 6.07) is 34.6. The van der Waals surface area contributed by atoms with E-state index >= 15 is 0 Å². The summed E-state index contributed by atoms with van der Waals surface area (Å²) in [5, 5.41) is 6.14. The highest BCUT2D eigenvalue weighted by Crippen LogP contribution is 2.47. The van der Waals surface area contributed by atoms with Gasteiger partial charge in [0.15, 0.2) is 0 Å². The van der Waals surface area contributed by atoms with Crippen molar-refractivity contribution >= 4 is 43.1 Å². The molecule has 5 aromatic carbocycles. The molecule has 0 amide bonds. The van der Waals surface area contributed by atoms with Gasteiger partial charge in [-0.3, -0.25) is 0 Å². The summed E-state index contributed by atoms with van der Waals surface area (Å²) in [6.07, 6.45) is 0. The zero-order chi connectivity index (χ0) is 36.0. The normalized spacial score (nSPS) is 13.2. The molecule has 2 aromatic heterocycles. The maximum absolute atomic E-state index is 4.99. The molecule has 0 bridgehead atoms. The first-order chi connectivity index (χ1) is 23.3. The number of aromatic amines is 1. The number of para-hydroxylation sites is 1. The van der Waals surface area contributed by atoms with Crippen LogP contribution >= 0.6 is 11.3 Å². The summed E-state index contributed by atoms with van der Waals surface area (Å²) in [4.78, 5) is 8.83. The molecule has 256 valence electrons. The lowest BCUT2D eigenvalue weighted by Gasteiger charge is -2.28. The van der Waals surface area contributed by atoms with Crippen molar-refractivity contribution in [1.82, 2.24) is 9.97 Å². The van der Waals surface area contributed by atoms with E-state index in [4.69, 9.17) is 4.98 Å². The number of fused-ring (bicyclic) bond motifs is 3. The molecule has 0 aliphatic rings. The molecule has 7 rings (SSSR count). The summed E-state index contributed by atoms with van der Waals surface area (Å²) in [5.41, 5.74) is 12.5. The molecule has 50 heavy (non-hydrogen) atoms. The van der Waals surface area contributed by atoms with Crippen molar-refractivity contribution in [2.45, 2.75) is 105 Å². The second-order valence-electron chi connectivity index (χ2n) is 18.3. The van der Waals surface area contributed by atoms with Crippen LogP contribution < -0.4 is 0 Å². The first-order valence-electron chi connectivity index (χ1n) is 18.1. The minimum Gasteiger partial charge on any atom is -0.353 e. The van der Waals surface area contributed by atoms with E-state index in [0.717, 1.165) is 21.9 Å². The second-order valence-corrected chi connectivity index (χ2v) is 19.4. The lowest BCUT2D eigenvalue weighted by Crippen LogP contribution is -2.16. The lowest BCUT2D eigenvalue weighted by molar-refractivity contribution is 0.569. The Morgan fingerprint density at radius 1 is 0.460 bits per heavy atom. The summed E-state index contributed by atoms with van der Waals surface area (Å²) in [5.74, 6) is 0. The maximum Gasteiger partial charge on any atom is 0.140 e. The molecule has 0 fully saturated rings. The number of thiazole rings is 1. The molecule has 0 saturated carbocycles. The molecule has 0 aliphatic heterocycles. The van der Waals surface area contributed by atoms with E-state index in [1.54, 1.807) is 11.3 Å². The molecule has 0 unspecified atom stereocenters. The van der Waals surface area contributed by atoms with Gasteiger partial charge in [-0.25, -0.2) is 4.98 Å². The van der Waals surface area contributed by atoms with Crippen LogP contribution in [-0.4, -0.2) is 9.97 Å². The van der Waals surface area contributed by atoms with E-state index in [0.29, 0.717) is 0 Å². The van der Waals surface area contributed by atoms with E-state index in [9.17, 15) is 0 Å². The van der Waals surface area contributed by atoms with Gasteiger partial charge >= 0.3 is 0 Å². The van der Waals surface area contributed by atoms with Crippen LogP contribution in [0.2, 0.25) is 0 Å². The fraction of sp³-hybridized carbons (Fsp3) is 0.340. The highest BCUT2D eigenvalue weighted by molar-refractivity contribution is 7.21. The van der Waals surface area contributed by atoms with E-state index in [2.05, 4.69) is 179 Å². The van der Waals surface area contributed by atoms with Gasteiger partial charge in [0.25, 0.3) is 0 Å². The van der Waals surface area contributed by atoms with Crippen LogP contribution in [0.25, 0.3) is 64.8 Å². The van der Waals surface area contributed by atoms with E-state index in [1.165, 1.54) is 65.2 Å². The van der Waals surface area contributed by atoms with Crippen LogP contribution in [0.4, 0.5) is 0 Å². The first kappa shape index (κ1) is 34.2. The third-order valence-corrected chi connectivity index (χ3v) is 11.4. The smallest absolute Gasteiger partial charge is 0.140 e. The summed E-state index contributed by atoms with van der Waals surface area (Å²) >= 11 is 1.74. The SMILES string of the molecule is CC(C)(C)c1cc(-c2c3cc(C(C)(C)C)ccc3c(-c3ccc(-c4nc5ccccc5s4)[nH]3)c3ccc(C(C)(C)C)cc23)cc(C(C)(C)C)c1. The van der Waals surface area contributed by atoms with Crippen LogP contribution in [0.1, 0.15) is 105 Å². The highest BCUT2D eigenvalue weighted by Gasteiger charge is 2.26. The van der Waals surface area contributed by atoms with Gasteiger partial charge in [0.2, 0.25) is 0 Å². The highest BCUT2D eigenvalue weighted by atomic mass is 32.1. The molecule has 0 spiro atoms. The van der Waals surface area contributed by atoms with Crippen molar-refractivity contribution < 1.29 is 0 Å². The standard InChI is InChI=1S/C47H52N2S/c1-44(2,3)29-17-19-33-35(26-29)41(28-23-31(46(7,8)9)25-32(24-28)47(10,11)12)36-27-30(45(4,5)6)18-20-34(36)42(33)38-21-22-39(48-38)43-49-37-15-13-14-16-40(37)50-43/h13-27,48H,1-12H3. The molecule has 3 heteroatoms. The van der Waals surface area contributed by atoms with Gasteiger partial charge in [0.1, 0.15) is 5.01 Å². The van der Waals surface area contributed by atoms with Crippen molar-refractivity contribution in [1.29, 1.82) is 0 Å². The number of benzene rings is 5. The fourth-order valence-electron chi connectivity index (χ4n) is 7.05. The van der Waals surface area contributed by atoms with Crippen molar-refractivity contribution in [2.75, 3.05) is 0 Å². The Morgan fingerprint density at radius 2 is 0.960 bits per heavy atom. The van der Waals surface area contributed by atoms with Crippen molar-refractivity contribution in [3.63, 3.8) is 0 Å². The molecule has 0 atom stereocenters. The van der Waals surface area contributed by atoms with E-state index in [1.807, 2.05) is 0 Å². The Labute approximate surface area is 303 Å². The van der Waals surface area contributed by atoms with Gasteiger partial charge in [-0.1, -0.05) is 138 Å². The van der Waals surface area contributed by atoms with Gasteiger partial charge in [-0.05, 0) is 113 Å². The van der Waals surface area contributed by atoms with Crippen LogP contribution in [0.15, 0.2) is 91.0 Å². The van der Waals surface area contributed by atoms with Crippen LogP contribution in [0.3, 0.4) is 0 Å². The topological polar surface area (TPSA) is 28.7 Å². The molecular formula is C47H52N2S. The molecule has 0 radical (unpaired) electrons. The predicted octanol–water partition coefficient (Wildman–Crippen LogP) is 14.1. The van der Waals surface area contributed by atoms with Crippen molar-refractivity contribution in [3.05, 3.63) is 113 Å². The predicted molar refractivity (Wildman–Crippen MR) is 220 cm³/mol. The van der Waals surface area contributed by atoms with Gasteiger partial charge in [0.05, 0.1) is 15.9 Å². The van der Waals surface area contributed by atoms with Crippen LogP contribution in [0, 0.1) is 0 Å². The summed E-state index contributed by atoms with van der Waals surface area (Å²) < 4.78 is 1.20. The third-order valence-electron chi connectivity index (χ3n) is 10.3. The van der Waals surface area contributed by atoms with Gasteiger partial charge < -0.3 is 4.98 Å². The fourth-order valence-corrected chi connectivity index (χ4v) is 8.00. The second kappa shape index (κ2) is 11.7. The largest absolute Gasteiger partial charge is 0.353 e. The van der Waals surface area contributed by atoms with Gasteiger partial charge in [-0.15, -0.1) is 11.3 Å². The molecule has 1 N–H and O–H groups in total. The Hall–Kier alpha value is -4.21. The Balaban J connectivity index is 1.61. The average molecular weight is 677 g/mol. The molecule has 2 heterocycles. The molecule has 0 aliphatic carbocycles. The monoisotopic (exact) mass is 676 g/mol. The number of nitrogens with one attached hydrogen (secondary N) is 1. The summed E-state index contributed by atoms with van der Waals surface area (Å²) in [7, 11) is 0.